The Morgan fingerprint density at radius 2 is 1.88 bits per heavy atom. The van der Waals surface area contributed by atoms with Gasteiger partial charge in [-0.25, -0.2) is 5.43 Å². The zero-order chi connectivity index (χ0) is 16.9. The van der Waals surface area contributed by atoms with Crippen LogP contribution in [0.5, 0.6) is 11.5 Å². The molecule has 24 heavy (non-hydrogen) atoms. The lowest BCUT2D eigenvalue weighted by atomic mass is 10.2. The van der Waals surface area contributed by atoms with Crippen molar-refractivity contribution >= 4 is 17.8 Å². The van der Waals surface area contributed by atoms with E-state index in [-0.39, 0.29) is 12.5 Å². The number of rotatable bonds is 4. The van der Waals surface area contributed by atoms with E-state index < -0.39 is 6.10 Å². The van der Waals surface area contributed by atoms with Crippen molar-refractivity contribution in [2.75, 3.05) is 25.6 Å². The van der Waals surface area contributed by atoms with Crippen LogP contribution in [-0.2, 0) is 4.79 Å². The number of carbonyl (C=O) groups is 1. The summed E-state index contributed by atoms with van der Waals surface area (Å²) in [6, 6.07) is 15.1. The second-order valence-corrected chi connectivity index (χ2v) is 5.58. The SMILES string of the molecule is CN(C)c1ccc(C=NNC(=O)C2COc3ccccc3O2)cc1. The summed E-state index contributed by atoms with van der Waals surface area (Å²) in [7, 11) is 3.96. The fourth-order valence-corrected chi connectivity index (χ4v) is 2.25. The molecule has 1 heterocycles. The Morgan fingerprint density at radius 1 is 1.17 bits per heavy atom. The molecule has 1 aliphatic rings. The number of para-hydroxylation sites is 2. The number of carbonyl (C=O) groups excluding carboxylic acids is 1. The molecule has 1 N–H and O–H groups in total. The number of fused-ring (bicyclic) bond motifs is 1. The summed E-state index contributed by atoms with van der Waals surface area (Å²) in [5.74, 6) is 0.865. The van der Waals surface area contributed by atoms with Gasteiger partial charge in [-0.1, -0.05) is 24.3 Å². The first kappa shape index (κ1) is 15.9. The smallest absolute Gasteiger partial charge is 0.284 e. The van der Waals surface area contributed by atoms with Crippen molar-refractivity contribution in [3.8, 4) is 11.5 Å². The molecule has 0 radical (unpaired) electrons. The number of nitrogens with one attached hydrogen (secondary N) is 1. The Hall–Kier alpha value is -3.02. The van der Waals surface area contributed by atoms with Crippen LogP contribution in [0.2, 0.25) is 0 Å². The van der Waals surface area contributed by atoms with Crippen LogP contribution >= 0.6 is 0 Å². The summed E-state index contributed by atoms with van der Waals surface area (Å²) in [4.78, 5) is 14.1. The van der Waals surface area contributed by atoms with Crippen molar-refractivity contribution in [1.29, 1.82) is 0 Å². The number of hydrazone groups is 1. The summed E-state index contributed by atoms with van der Waals surface area (Å²) < 4.78 is 11.1. The fourth-order valence-electron chi connectivity index (χ4n) is 2.25. The highest BCUT2D eigenvalue weighted by atomic mass is 16.6. The van der Waals surface area contributed by atoms with Gasteiger partial charge < -0.3 is 14.4 Å². The average Bonchev–Trinajstić information content (AvgIpc) is 2.61. The molecule has 2 aromatic carbocycles. The zero-order valence-electron chi connectivity index (χ0n) is 13.6. The minimum absolute atomic E-state index is 0.163. The Bertz CT molecular complexity index is 741. The van der Waals surface area contributed by atoms with Crippen molar-refractivity contribution < 1.29 is 14.3 Å². The van der Waals surface area contributed by atoms with E-state index in [2.05, 4.69) is 10.5 Å². The van der Waals surface area contributed by atoms with Crippen molar-refractivity contribution in [3.05, 3.63) is 54.1 Å². The maximum atomic E-state index is 12.1. The molecule has 124 valence electrons. The lowest BCUT2D eigenvalue weighted by Gasteiger charge is -2.24. The highest BCUT2D eigenvalue weighted by molar-refractivity contribution is 5.85. The molecule has 3 rings (SSSR count). The van der Waals surface area contributed by atoms with Gasteiger partial charge in [-0.2, -0.15) is 5.10 Å². The molecule has 0 saturated carbocycles. The molecule has 0 spiro atoms. The van der Waals surface area contributed by atoms with Crippen molar-refractivity contribution in [2.45, 2.75) is 6.10 Å². The number of ether oxygens (including phenoxy) is 2. The Kier molecular flexibility index (Phi) is 4.65. The number of benzene rings is 2. The van der Waals surface area contributed by atoms with Crippen LogP contribution in [0.1, 0.15) is 5.56 Å². The summed E-state index contributed by atoms with van der Waals surface area (Å²) in [5, 5.41) is 3.97. The van der Waals surface area contributed by atoms with E-state index in [1.807, 2.05) is 55.4 Å². The predicted octanol–water partition coefficient (Wildman–Crippen LogP) is 2.04. The van der Waals surface area contributed by atoms with Gasteiger partial charge in [0.05, 0.1) is 6.21 Å². The number of nitrogens with zero attached hydrogens (tertiary/aromatic N) is 2. The van der Waals surface area contributed by atoms with Gasteiger partial charge >= 0.3 is 0 Å². The quantitative estimate of drug-likeness (QED) is 0.690. The molecule has 6 heteroatoms. The van der Waals surface area contributed by atoms with Crippen molar-refractivity contribution in [1.82, 2.24) is 5.43 Å². The summed E-state index contributed by atoms with van der Waals surface area (Å²) in [6.45, 7) is 0.163. The monoisotopic (exact) mass is 325 g/mol. The van der Waals surface area contributed by atoms with Crippen LogP contribution in [0.25, 0.3) is 0 Å². The van der Waals surface area contributed by atoms with Crippen molar-refractivity contribution in [2.24, 2.45) is 5.10 Å². The summed E-state index contributed by atoms with van der Waals surface area (Å²) in [5.41, 5.74) is 4.48. The Labute approximate surface area is 140 Å². The molecule has 1 aliphatic heterocycles. The standard InChI is InChI=1S/C18H19N3O3/c1-21(2)14-9-7-13(8-10-14)11-19-20-18(22)17-12-23-15-5-3-4-6-16(15)24-17/h3-11,17H,12H2,1-2H3,(H,20,22). The second kappa shape index (κ2) is 7.04. The highest BCUT2D eigenvalue weighted by Crippen LogP contribution is 2.30. The highest BCUT2D eigenvalue weighted by Gasteiger charge is 2.26. The molecule has 1 amide bonds. The number of hydrogen-bond acceptors (Lipinski definition) is 5. The largest absolute Gasteiger partial charge is 0.485 e. The van der Waals surface area contributed by atoms with Gasteiger partial charge in [-0.05, 0) is 29.8 Å². The van der Waals surface area contributed by atoms with Crippen molar-refractivity contribution in [3.63, 3.8) is 0 Å². The van der Waals surface area contributed by atoms with Crippen LogP contribution in [0.15, 0.2) is 53.6 Å². The van der Waals surface area contributed by atoms with Crippen LogP contribution < -0.4 is 19.8 Å². The van der Waals surface area contributed by atoms with E-state index in [1.54, 1.807) is 18.3 Å². The average molecular weight is 325 g/mol. The van der Waals surface area contributed by atoms with E-state index in [4.69, 9.17) is 9.47 Å². The first-order chi connectivity index (χ1) is 11.6. The predicted molar refractivity (Wildman–Crippen MR) is 92.9 cm³/mol. The van der Waals surface area contributed by atoms with E-state index in [0.29, 0.717) is 11.5 Å². The molecule has 0 aliphatic carbocycles. The molecule has 2 aromatic rings. The molecule has 6 nitrogen and oxygen atoms in total. The minimum Gasteiger partial charge on any atom is -0.485 e. The first-order valence-corrected chi connectivity index (χ1v) is 7.62. The Morgan fingerprint density at radius 3 is 2.58 bits per heavy atom. The van der Waals surface area contributed by atoms with Gasteiger partial charge in [-0.15, -0.1) is 0 Å². The fraction of sp³-hybridized carbons (Fsp3) is 0.222. The van der Waals surface area contributed by atoms with Gasteiger partial charge in [-0.3, -0.25) is 4.79 Å². The maximum Gasteiger partial charge on any atom is 0.284 e. The summed E-state index contributed by atoms with van der Waals surface area (Å²) in [6.07, 6.45) is 0.878. The maximum absolute atomic E-state index is 12.1. The molecular formula is C18H19N3O3. The molecule has 0 saturated heterocycles. The summed E-state index contributed by atoms with van der Waals surface area (Å²) >= 11 is 0. The molecular weight excluding hydrogens is 306 g/mol. The number of amides is 1. The normalized spacial score (nSPS) is 16.0. The number of anilines is 1. The first-order valence-electron chi connectivity index (χ1n) is 7.62. The lowest BCUT2D eigenvalue weighted by molar-refractivity contribution is -0.130. The minimum atomic E-state index is -0.715. The van der Waals surface area contributed by atoms with Gasteiger partial charge in [0, 0.05) is 19.8 Å². The van der Waals surface area contributed by atoms with Crippen LogP contribution in [0.3, 0.4) is 0 Å². The third-order valence-electron chi connectivity index (χ3n) is 3.60. The van der Waals surface area contributed by atoms with E-state index in [0.717, 1.165) is 11.3 Å². The third kappa shape index (κ3) is 3.65. The van der Waals surface area contributed by atoms with E-state index in [9.17, 15) is 4.79 Å². The molecule has 0 aromatic heterocycles. The van der Waals surface area contributed by atoms with Crippen LogP contribution in [-0.4, -0.2) is 38.9 Å². The van der Waals surface area contributed by atoms with Crippen LogP contribution in [0, 0.1) is 0 Å². The van der Waals surface area contributed by atoms with E-state index in [1.165, 1.54) is 0 Å². The van der Waals surface area contributed by atoms with Gasteiger partial charge in [0.1, 0.15) is 6.61 Å². The van der Waals surface area contributed by atoms with Gasteiger partial charge in [0.15, 0.2) is 11.5 Å². The molecule has 1 atom stereocenters. The topological polar surface area (TPSA) is 63.2 Å². The van der Waals surface area contributed by atoms with E-state index >= 15 is 0 Å². The lowest BCUT2D eigenvalue weighted by Crippen LogP contribution is -2.42. The second-order valence-electron chi connectivity index (χ2n) is 5.58. The van der Waals surface area contributed by atoms with Crippen LogP contribution in [0.4, 0.5) is 5.69 Å². The zero-order valence-corrected chi connectivity index (χ0v) is 13.6. The molecule has 0 fully saturated rings. The van der Waals surface area contributed by atoms with Gasteiger partial charge in [0.25, 0.3) is 5.91 Å². The molecule has 1 unspecified atom stereocenters. The van der Waals surface area contributed by atoms with Gasteiger partial charge in [0.2, 0.25) is 6.10 Å². The third-order valence-corrected chi connectivity index (χ3v) is 3.60. The number of hydrogen-bond donors (Lipinski definition) is 1. The molecule has 0 bridgehead atoms. The Balaban J connectivity index is 1.56.